The van der Waals surface area contributed by atoms with Crippen LogP contribution in [-0.4, -0.2) is 36.2 Å². The Hall–Kier alpha value is -6.40. The Kier molecular flexibility index (Phi) is 9.96. The average molecular weight is 652 g/mol. The van der Waals surface area contributed by atoms with Crippen molar-refractivity contribution in [2.24, 2.45) is 5.11 Å². The van der Waals surface area contributed by atoms with Gasteiger partial charge in [0.2, 0.25) is 0 Å². The molecule has 0 aliphatic carbocycles. The molecule has 0 saturated carbocycles. The van der Waals surface area contributed by atoms with Crippen LogP contribution in [0.3, 0.4) is 0 Å². The van der Waals surface area contributed by atoms with Crippen molar-refractivity contribution < 1.29 is 33.7 Å². The third-order valence-electron chi connectivity index (χ3n) is 8.00. The number of rotatable bonds is 11. The molecule has 6 rings (SSSR count). The van der Waals surface area contributed by atoms with Crippen LogP contribution in [0.1, 0.15) is 39.9 Å². The van der Waals surface area contributed by atoms with E-state index >= 15 is 0 Å². The van der Waals surface area contributed by atoms with E-state index in [1.807, 2.05) is 0 Å². The third-order valence-corrected chi connectivity index (χ3v) is 8.00. The number of benzene rings is 6. The maximum absolute atomic E-state index is 12.7. The zero-order valence-electron chi connectivity index (χ0n) is 26.2. The number of ether oxygens (including phenoxy) is 3. The smallest absolute Gasteiger partial charge is 0.349 e. The lowest BCUT2D eigenvalue weighted by atomic mass is 9.90. The van der Waals surface area contributed by atoms with Gasteiger partial charge in [-0.15, -0.1) is 0 Å². The van der Waals surface area contributed by atoms with E-state index in [-0.39, 0.29) is 30.3 Å². The van der Waals surface area contributed by atoms with E-state index in [9.17, 15) is 14.4 Å². The summed E-state index contributed by atoms with van der Waals surface area (Å²) in [6.45, 7) is -1.15. The number of azide groups is 1. The highest BCUT2D eigenvalue weighted by molar-refractivity contribution is 6.23. The van der Waals surface area contributed by atoms with E-state index in [2.05, 4.69) is 76.5 Å². The van der Waals surface area contributed by atoms with Gasteiger partial charge >= 0.3 is 17.9 Å². The van der Waals surface area contributed by atoms with Crippen LogP contribution in [0.5, 0.6) is 5.75 Å². The van der Waals surface area contributed by atoms with Crippen LogP contribution < -0.4 is 4.74 Å². The van der Waals surface area contributed by atoms with Crippen LogP contribution in [0.2, 0.25) is 0 Å². The van der Waals surface area contributed by atoms with Crippen LogP contribution >= 0.6 is 0 Å². The average Bonchev–Trinajstić information content (AvgIpc) is 3.12. The lowest BCUT2D eigenvalue weighted by molar-refractivity contribution is -0.145. The fourth-order valence-corrected chi connectivity index (χ4v) is 5.73. The molecule has 0 heterocycles. The van der Waals surface area contributed by atoms with E-state index in [4.69, 9.17) is 24.8 Å². The van der Waals surface area contributed by atoms with Gasteiger partial charge in [0.05, 0.1) is 11.1 Å². The normalized spacial score (nSPS) is 10.7. The van der Waals surface area contributed by atoms with Crippen molar-refractivity contribution in [3.8, 4) is 17.6 Å². The number of carbonyl (C=O) groups is 3. The fraction of sp³-hybridized carbons (Fsp3) is 0.154. The van der Waals surface area contributed by atoms with Crippen molar-refractivity contribution in [3.63, 3.8) is 0 Å². The SMILES string of the molecule is [N-]=[N+]=Nc1ccc(C(=O)OCC(=O)Oc2cc(COC(=O)CCCc3ccc4ccc5cccc6ccc3c4c56)ccc2C#CCO)cc1. The summed E-state index contributed by atoms with van der Waals surface area (Å²) < 4.78 is 16.0. The van der Waals surface area contributed by atoms with Gasteiger partial charge in [-0.3, -0.25) is 4.79 Å². The van der Waals surface area contributed by atoms with Crippen LogP contribution in [0, 0.1) is 11.8 Å². The van der Waals surface area contributed by atoms with Crippen molar-refractivity contribution in [1.82, 2.24) is 0 Å². The van der Waals surface area contributed by atoms with Crippen LogP contribution in [-0.2, 0) is 32.1 Å². The number of esters is 3. The highest BCUT2D eigenvalue weighted by Gasteiger charge is 2.15. The van der Waals surface area contributed by atoms with Gasteiger partial charge in [0.15, 0.2) is 6.61 Å². The van der Waals surface area contributed by atoms with Gasteiger partial charge in [0.1, 0.15) is 19.0 Å². The number of aliphatic hydroxyl groups is 1. The summed E-state index contributed by atoms with van der Waals surface area (Å²) in [7, 11) is 0. The Balaban J connectivity index is 1.04. The molecule has 0 bridgehead atoms. The molecule has 0 spiro atoms. The molecular formula is C39H29N3O7. The molecule has 0 saturated heterocycles. The molecule has 6 aromatic rings. The Morgan fingerprint density at radius 2 is 1.55 bits per heavy atom. The van der Waals surface area contributed by atoms with Gasteiger partial charge in [-0.2, -0.15) is 0 Å². The first-order chi connectivity index (χ1) is 23.9. The van der Waals surface area contributed by atoms with Crippen molar-refractivity contribution in [2.75, 3.05) is 13.2 Å². The lowest BCUT2D eigenvalue weighted by Gasteiger charge is -2.14. The zero-order chi connectivity index (χ0) is 34.2. The van der Waals surface area contributed by atoms with E-state index in [0.717, 1.165) is 0 Å². The summed E-state index contributed by atoms with van der Waals surface area (Å²) in [5.41, 5.74) is 11.0. The highest BCUT2D eigenvalue weighted by atomic mass is 16.6. The highest BCUT2D eigenvalue weighted by Crippen LogP contribution is 2.36. The quantitative estimate of drug-likeness (QED) is 0.0287. The molecule has 0 amide bonds. The predicted molar refractivity (Wildman–Crippen MR) is 184 cm³/mol. The second kappa shape index (κ2) is 15.0. The maximum Gasteiger partial charge on any atom is 0.349 e. The largest absolute Gasteiger partial charge is 0.461 e. The second-order valence-corrected chi connectivity index (χ2v) is 11.2. The number of carbonyl (C=O) groups excluding carboxylic acids is 3. The van der Waals surface area contributed by atoms with Crippen LogP contribution in [0.25, 0.3) is 42.8 Å². The van der Waals surface area contributed by atoms with Gasteiger partial charge < -0.3 is 19.3 Å². The molecule has 0 aliphatic rings. The van der Waals surface area contributed by atoms with Crippen LogP contribution in [0.15, 0.2) is 102 Å². The molecule has 242 valence electrons. The number of aryl methyl sites for hydroxylation is 1. The number of nitrogens with zero attached hydrogens (tertiary/aromatic N) is 3. The van der Waals surface area contributed by atoms with E-state index in [1.165, 1.54) is 68.2 Å². The summed E-state index contributed by atoms with van der Waals surface area (Å²) in [6.07, 6.45) is 1.55. The first-order valence-corrected chi connectivity index (χ1v) is 15.5. The fourth-order valence-electron chi connectivity index (χ4n) is 5.73. The van der Waals surface area contributed by atoms with Gasteiger partial charge in [-0.1, -0.05) is 89.8 Å². The summed E-state index contributed by atoms with van der Waals surface area (Å²) in [5.74, 6) is 3.28. The molecular weight excluding hydrogens is 622 g/mol. The third kappa shape index (κ3) is 7.61. The molecule has 10 heteroatoms. The van der Waals surface area contributed by atoms with Crippen LogP contribution in [0.4, 0.5) is 5.69 Å². The molecule has 0 atom stereocenters. The molecule has 1 N–H and O–H groups in total. The zero-order valence-corrected chi connectivity index (χ0v) is 26.2. The Morgan fingerprint density at radius 1 is 0.816 bits per heavy atom. The minimum absolute atomic E-state index is 0.0586. The maximum atomic E-state index is 12.7. The molecule has 10 nitrogen and oxygen atoms in total. The topological polar surface area (TPSA) is 148 Å². The minimum atomic E-state index is -0.868. The van der Waals surface area contributed by atoms with E-state index in [0.29, 0.717) is 29.7 Å². The van der Waals surface area contributed by atoms with Crippen molar-refractivity contribution >= 4 is 55.9 Å². The number of hydrogen-bond acceptors (Lipinski definition) is 8. The van der Waals surface area contributed by atoms with Gasteiger partial charge in [0, 0.05) is 17.0 Å². The molecule has 0 aliphatic heterocycles. The van der Waals surface area contributed by atoms with Crippen molar-refractivity contribution in [1.29, 1.82) is 0 Å². The number of hydrogen-bond donors (Lipinski definition) is 1. The van der Waals surface area contributed by atoms with Gasteiger partial charge in [-0.25, -0.2) is 9.59 Å². The molecule has 6 aromatic carbocycles. The summed E-state index contributed by atoms with van der Waals surface area (Å²) in [5, 5.41) is 19.9. The summed E-state index contributed by atoms with van der Waals surface area (Å²) in [4.78, 5) is 40.3. The summed E-state index contributed by atoms with van der Waals surface area (Å²) in [6, 6.07) is 29.6. The summed E-state index contributed by atoms with van der Waals surface area (Å²) >= 11 is 0. The van der Waals surface area contributed by atoms with E-state index in [1.54, 1.807) is 12.1 Å². The number of aliphatic hydroxyl groups excluding tert-OH is 1. The van der Waals surface area contributed by atoms with Crippen molar-refractivity contribution in [2.45, 2.75) is 25.9 Å². The first-order valence-electron chi connectivity index (χ1n) is 15.5. The minimum Gasteiger partial charge on any atom is -0.461 e. The van der Waals surface area contributed by atoms with Gasteiger partial charge in [0.25, 0.3) is 0 Å². The van der Waals surface area contributed by atoms with Gasteiger partial charge in [-0.05, 0) is 86.1 Å². The second-order valence-electron chi connectivity index (χ2n) is 11.2. The Bertz CT molecular complexity index is 2280. The Labute approximate surface area is 280 Å². The molecule has 49 heavy (non-hydrogen) atoms. The first kappa shape index (κ1) is 32.5. The molecule has 0 unspecified atom stereocenters. The molecule has 0 aromatic heterocycles. The predicted octanol–water partition coefficient (Wildman–Crippen LogP) is 7.70. The standard InChI is InChI=1S/C39H29N3O7/c40-42-41-32-18-15-31(16-19-32)39(46)48-24-36(45)49-34-22-25(9-10-27(34)7-3-21-43)23-47-35(44)8-2-4-26-11-12-30-14-13-28-5-1-6-29-17-20-33(26)38(30)37(28)29/h1,5-6,9-20,22,43H,2,4,8,21,23-24H2. The molecule has 0 radical (unpaired) electrons. The monoisotopic (exact) mass is 651 g/mol. The molecule has 0 fully saturated rings. The van der Waals surface area contributed by atoms with Crippen molar-refractivity contribution in [3.05, 3.63) is 130 Å². The lowest BCUT2D eigenvalue weighted by Crippen LogP contribution is -2.19. The Morgan fingerprint density at radius 3 is 2.31 bits per heavy atom. The van der Waals surface area contributed by atoms with E-state index < -0.39 is 25.2 Å².